The van der Waals surface area contributed by atoms with Crippen LogP contribution in [0, 0.1) is 0 Å². The van der Waals surface area contributed by atoms with Crippen molar-refractivity contribution in [3.05, 3.63) is 0 Å². The Hall–Kier alpha value is 0.544. The molecule has 0 unspecified atom stereocenters. The first-order valence-electron chi connectivity index (χ1n) is 1.41. The molecule has 1 N–H and O–H groups in total. The summed E-state index contributed by atoms with van der Waals surface area (Å²) in [6.07, 6.45) is -0.167. The minimum absolute atomic E-state index is 0. The van der Waals surface area contributed by atoms with Gasteiger partial charge in [0.25, 0.3) is 0 Å². The Bertz CT molecular complexity index is 11.6. The summed E-state index contributed by atoms with van der Waals surface area (Å²) in [5, 5.41) is 8.06. The van der Waals surface area contributed by atoms with Gasteiger partial charge in [-0.15, -0.1) is 0 Å². The Labute approximate surface area is 44.3 Å². The van der Waals surface area contributed by atoms with Gasteiger partial charge in [0, 0.05) is 24.7 Å². The van der Waals surface area contributed by atoms with Crippen LogP contribution in [0.2, 0.25) is 0 Å². The van der Waals surface area contributed by atoms with Gasteiger partial charge in [-0.25, -0.2) is 0 Å². The summed E-state index contributed by atoms with van der Waals surface area (Å²) in [7, 11) is 0. The van der Waals surface area contributed by atoms with E-state index >= 15 is 0 Å². The van der Waals surface area contributed by atoms with E-state index in [1.165, 1.54) is 0 Å². The Kier molecular flexibility index (Phi) is 8.28. The molecule has 31 valence electrons. The fraction of sp³-hybridized carbons (Fsp3) is 1.00. The minimum atomic E-state index is -0.167. The van der Waals surface area contributed by atoms with Gasteiger partial charge in [0.15, 0.2) is 0 Å². The zero-order chi connectivity index (χ0) is 3.58. The summed E-state index contributed by atoms with van der Waals surface area (Å²) in [5.74, 6) is 0. The smallest absolute Gasteiger partial charge is 0.0483 e. The molecule has 0 rings (SSSR count). The molecular formula is C3H8OV. The van der Waals surface area contributed by atoms with Crippen LogP contribution < -0.4 is 0 Å². The van der Waals surface area contributed by atoms with Gasteiger partial charge in [-0.05, 0) is 13.8 Å². The van der Waals surface area contributed by atoms with Gasteiger partial charge in [-0.2, -0.15) is 0 Å². The van der Waals surface area contributed by atoms with Crippen LogP contribution in [0.25, 0.3) is 0 Å². The Balaban J connectivity index is 0. The maximum atomic E-state index is 8.06. The van der Waals surface area contributed by atoms with Crippen LogP contribution in [-0.4, -0.2) is 11.2 Å². The van der Waals surface area contributed by atoms with Gasteiger partial charge in [0.05, 0.1) is 0 Å². The van der Waals surface area contributed by atoms with E-state index in [1.807, 2.05) is 0 Å². The molecular weight excluding hydrogens is 103 g/mol. The van der Waals surface area contributed by atoms with E-state index < -0.39 is 0 Å². The summed E-state index contributed by atoms with van der Waals surface area (Å²) in [5.41, 5.74) is 0. The van der Waals surface area contributed by atoms with Crippen molar-refractivity contribution in [2.24, 2.45) is 0 Å². The number of aliphatic hydroxyl groups excluding tert-OH is 1. The SMILES string of the molecule is CC(C)O.[V]. The molecule has 0 heterocycles. The first-order chi connectivity index (χ1) is 1.73. The number of rotatable bonds is 0. The molecule has 0 aromatic rings. The predicted octanol–water partition coefficient (Wildman–Crippen LogP) is 0.385. The molecule has 0 aliphatic rings. The first kappa shape index (κ1) is 9.11. The number of hydrogen-bond acceptors (Lipinski definition) is 1. The molecule has 5 heavy (non-hydrogen) atoms. The van der Waals surface area contributed by atoms with E-state index in [0.717, 1.165) is 0 Å². The Morgan fingerprint density at radius 2 is 1.40 bits per heavy atom. The third kappa shape index (κ3) is 99.3. The summed E-state index contributed by atoms with van der Waals surface area (Å²) >= 11 is 0. The standard InChI is InChI=1S/C3H8O.V/c1-3(2)4;/h3-4H,1-2H3;. The van der Waals surface area contributed by atoms with Crippen molar-refractivity contribution in [1.82, 2.24) is 0 Å². The molecule has 0 atom stereocenters. The molecule has 0 amide bonds. The van der Waals surface area contributed by atoms with Crippen LogP contribution in [0.5, 0.6) is 0 Å². The molecule has 2 heteroatoms. The first-order valence-corrected chi connectivity index (χ1v) is 1.41. The second-order valence-corrected chi connectivity index (χ2v) is 1.09. The normalized spacial score (nSPS) is 7.20. The Morgan fingerprint density at radius 1 is 1.40 bits per heavy atom. The molecule has 0 aromatic heterocycles. The monoisotopic (exact) mass is 111 g/mol. The molecule has 0 saturated carbocycles. The average Bonchev–Trinajstić information content (AvgIpc) is 0.811. The van der Waals surface area contributed by atoms with Crippen LogP contribution in [-0.2, 0) is 18.6 Å². The van der Waals surface area contributed by atoms with E-state index in [1.54, 1.807) is 13.8 Å². The molecule has 0 fully saturated rings. The molecule has 0 spiro atoms. The van der Waals surface area contributed by atoms with Crippen molar-refractivity contribution in [3.8, 4) is 0 Å². The Morgan fingerprint density at radius 3 is 1.40 bits per heavy atom. The largest absolute Gasteiger partial charge is 0.394 e. The minimum Gasteiger partial charge on any atom is -0.394 e. The zero-order valence-electron chi connectivity index (χ0n) is 3.47. The van der Waals surface area contributed by atoms with E-state index in [4.69, 9.17) is 5.11 Å². The van der Waals surface area contributed by atoms with Crippen LogP contribution >= 0.6 is 0 Å². The second kappa shape index (κ2) is 4.54. The molecule has 1 radical (unpaired) electrons. The third-order valence-electron chi connectivity index (χ3n) is 0. The van der Waals surface area contributed by atoms with E-state index in [9.17, 15) is 0 Å². The van der Waals surface area contributed by atoms with Crippen LogP contribution in [0.15, 0.2) is 0 Å². The quantitative estimate of drug-likeness (QED) is 0.479. The summed E-state index contributed by atoms with van der Waals surface area (Å²) in [4.78, 5) is 0. The van der Waals surface area contributed by atoms with Gasteiger partial charge < -0.3 is 5.11 Å². The van der Waals surface area contributed by atoms with Gasteiger partial charge in [-0.3, -0.25) is 0 Å². The van der Waals surface area contributed by atoms with Crippen molar-refractivity contribution < 1.29 is 23.7 Å². The van der Waals surface area contributed by atoms with Crippen LogP contribution in [0.4, 0.5) is 0 Å². The summed E-state index contributed by atoms with van der Waals surface area (Å²) in [6, 6.07) is 0. The third-order valence-corrected chi connectivity index (χ3v) is 0. The average molecular weight is 111 g/mol. The van der Waals surface area contributed by atoms with Crippen molar-refractivity contribution in [2.45, 2.75) is 20.0 Å². The molecule has 0 aromatic carbocycles. The van der Waals surface area contributed by atoms with Crippen molar-refractivity contribution in [2.75, 3.05) is 0 Å². The van der Waals surface area contributed by atoms with E-state index in [0.29, 0.717) is 0 Å². The van der Waals surface area contributed by atoms with Crippen LogP contribution in [0.3, 0.4) is 0 Å². The van der Waals surface area contributed by atoms with E-state index in [2.05, 4.69) is 0 Å². The summed E-state index contributed by atoms with van der Waals surface area (Å²) < 4.78 is 0. The fourth-order valence-corrected chi connectivity index (χ4v) is 0. The van der Waals surface area contributed by atoms with Crippen molar-refractivity contribution in [3.63, 3.8) is 0 Å². The molecule has 0 aliphatic heterocycles. The zero-order valence-corrected chi connectivity index (χ0v) is 4.87. The van der Waals surface area contributed by atoms with Crippen LogP contribution in [0.1, 0.15) is 13.8 Å². The van der Waals surface area contributed by atoms with Crippen molar-refractivity contribution >= 4 is 0 Å². The molecule has 0 aliphatic carbocycles. The van der Waals surface area contributed by atoms with E-state index in [-0.39, 0.29) is 24.7 Å². The maximum absolute atomic E-state index is 8.06. The van der Waals surface area contributed by atoms with Crippen molar-refractivity contribution in [1.29, 1.82) is 0 Å². The number of hydrogen-bond donors (Lipinski definition) is 1. The fourth-order valence-electron chi connectivity index (χ4n) is 0. The predicted molar refractivity (Wildman–Crippen MR) is 17.4 cm³/mol. The second-order valence-electron chi connectivity index (χ2n) is 1.09. The summed E-state index contributed by atoms with van der Waals surface area (Å²) in [6.45, 7) is 3.44. The van der Waals surface area contributed by atoms with Gasteiger partial charge in [0.2, 0.25) is 0 Å². The maximum Gasteiger partial charge on any atom is 0.0483 e. The number of aliphatic hydroxyl groups is 1. The topological polar surface area (TPSA) is 20.2 Å². The van der Waals surface area contributed by atoms with Gasteiger partial charge in [-0.1, -0.05) is 0 Å². The molecule has 1 nitrogen and oxygen atoms in total. The molecule has 0 bridgehead atoms. The van der Waals surface area contributed by atoms with Gasteiger partial charge >= 0.3 is 0 Å². The molecule has 0 saturated heterocycles. The van der Waals surface area contributed by atoms with Gasteiger partial charge in [0.1, 0.15) is 0 Å².